The van der Waals surface area contributed by atoms with E-state index in [1.165, 1.54) is 19.3 Å². The van der Waals surface area contributed by atoms with Crippen LogP contribution < -0.4 is 5.73 Å². The average molecular weight is 297 g/mol. The van der Waals surface area contributed by atoms with E-state index < -0.39 is 0 Å². The number of aliphatic hydroxyl groups excluding tert-OH is 1. The van der Waals surface area contributed by atoms with E-state index in [1.54, 1.807) is 0 Å². The minimum atomic E-state index is -0.284. The van der Waals surface area contributed by atoms with E-state index in [9.17, 15) is 9.90 Å². The van der Waals surface area contributed by atoms with Crippen LogP contribution in [0.1, 0.15) is 39.0 Å². The molecule has 0 aromatic carbocycles. The molecule has 2 heterocycles. The number of hydrogen-bond donors (Lipinski definition) is 2. The zero-order valence-corrected chi connectivity index (χ0v) is 13.3. The molecule has 122 valence electrons. The molecule has 5 heteroatoms. The first-order valence-corrected chi connectivity index (χ1v) is 8.50. The maximum atomic E-state index is 11.1. The number of carbonyl (C=O) groups is 1. The first-order valence-electron chi connectivity index (χ1n) is 8.50. The van der Waals surface area contributed by atoms with Crippen molar-refractivity contribution in [1.29, 1.82) is 0 Å². The van der Waals surface area contributed by atoms with E-state index in [0.717, 1.165) is 58.0 Å². The number of carbonyl (C=O) groups excluding carboxylic acids is 1. The van der Waals surface area contributed by atoms with Crippen LogP contribution in [-0.2, 0) is 4.79 Å². The number of likely N-dealkylation sites (tertiary alicyclic amines) is 2. The molecule has 3 N–H and O–H groups in total. The van der Waals surface area contributed by atoms with Crippen molar-refractivity contribution in [3.05, 3.63) is 0 Å². The molecule has 1 amide bonds. The third kappa shape index (κ3) is 5.24. The largest absolute Gasteiger partial charge is 0.390 e. The molecular weight excluding hydrogens is 266 g/mol. The van der Waals surface area contributed by atoms with Crippen LogP contribution >= 0.6 is 0 Å². The first-order chi connectivity index (χ1) is 10.1. The van der Waals surface area contributed by atoms with E-state index in [1.807, 2.05) is 0 Å². The van der Waals surface area contributed by atoms with Gasteiger partial charge in [-0.1, -0.05) is 13.3 Å². The van der Waals surface area contributed by atoms with Crippen molar-refractivity contribution in [3.63, 3.8) is 0 Å². The molecule has 0 aromatic heterocycles. The van der Waals surface area contributed by atoms with Gasteiger partial charge < -0.3 is 20.6 Å². The monoisotopic (exact) mass is 297 g/mol. The minimum absolute atomic E-state index is 0.0338. The SMILES string of the molecule is CCC1CCN(CC(O)CN2CCC(C(N)=O)CC2)CC1. The fourth-order valence-electron chi connectivity index (χ4n) is 3.63. The van der Waals surface area contributed by atoms with Gasteiger partial charge in [0.1, 0.15) is 0 Å². The van der Waals surface area contributed by atoms with Gasteiger partial charge in [-0.15, -0.1) is 0 Å². The van der Waals surface area contributed by atoms with Crippen LogP contribution in [0, 0.1) is 11.8 Å². The lowest BCUT2D eigenvalue weighted by Gasteiger charge is -2.35. The lowest BCUT2D eigenvalue weighted by molar-refractivity contribution is -0.123. The Hall–Kier alpha value is -0.650. The topological polar surface area (TPSA) is 69.8 Å². The van der Waals surface area contributed by atoms with E-state index in [4.69, 9.17) is 5.73 Å². The smallest absolute Gasteiger partial charge is 0.220 e. The van der Waals surface area contributed by atoms with Gasteiger partial charge in [0, 0.05) is 19.0 Å². The van der Waals surface area contributed by atoms with Crippen molar-refractivity contribution in [1.82, 2.24) is 9.80 Å². The van der Waals surface area contributed by atoms with Crippen LogP contribution in [0.5, 0.6) is 0 Å². The Bertz CT molecular complexity index is 321. The Morgan fingerprint density at radius 1 is 1.10 bits per heavy atom. The van der Waals surface area contributed by atoms with Gasteiger partial charge in [-0.3, -0.25) is 4.79 Å². The van der Waals surface area contributed by atoms with Gasteiger partial charge in [-0.25, -0.2) is 0 Å². The summed E-state index contributed by atoms with van der Waals surface area (Å²) in [5.41, 5.74) is 5.35. The van der Waals surface area contributed by atoms with Crippen molar-refractivity contribution in [2.24, 2.45) is 17.6 Å². The molecule has 0 spiro atoms. The van der Waals surface area contributed by atoms with Crippen molar-refractivity contribution in [2.75, 3.05) is 39.3 Å². The summed E-state index contributed by atoms with van der Waals surface area (Å²) in [4.78, 5) is 15.8. The van der Waals surface area contributed by atoms with Gasteiger partial charge in [0.25, 0.3) is 0 Å². The summed E-state index contributed by atoms with van der Waals surface area (Å²) in [6, 6.07) is 0. The molecule has 2 rings (SSSR count). The highest BCUT2D eigenvalue weighted by molar-refractivity contribution is 5.76. The number of β-amino-alcohol motifs (C(OH)–C–C–N with tert-alkyl or cyclic N) is 1. The number of hydrogen-bond acceptors (Lipinski definition) is 4. The van der Waals surface area contributed by atoms with Crippen LogP contribution in [0.4, 0.5) is 0 Å². The second-order valence-corrected chi connectivity index (χ2v) is 6.78. The van der Waals surface area contributed by atoms with Gasteiger partial charge in [0.15, 0.2) is 0 Å². The lowest BCUT2D eigenvalue weighted by atomic mass is 9.94. The van der Waals surface area contributed by atoms with Gasteiger partial charge in [0.05, 0.1) is 6.10 Å². The molecule has 0 saturated carbocycles. The fourth-order valence-corrected chi connectivity index (χ4v) is 3.63. The highest BCUT2D eigenvalue weighted by Crippen LogP contribution is 2.20. The number of aliphatic hydroxyl groups is 1. The Labute approximate surface area is 128 Å². The molecular formula is C16H31N3O2. The zero-order valence-electron chi connectivity index (χ0n) is 13.3. The number of rotatable bonds is 6. The molecule has 0 aromatic rings. The molecule has 0 aliphatic carbocycles. The summed E-state index contributed by atoms with van der Waals surface area (Å²) in [7, 11) is 0. The molecule has 2 aliphatic heterocycles. The van der Waals surface area contributed by atoms with Gasteiger partial charge in [-0.05, 0) is 57.8 Å². The Morgan fingerprint density at radius 2 is 1.57 bits per heavy atom. The Morgan fingerprint density at radius 3 is 2.00 bits per heavy atom. The molecule has 2 fully saturated rings. The van der Waals surface area contributed by atoms with E-state index in [2.05, 4.69) is 16.7 Å². The Kier molecular flexibility index (Phi) is 6.45. The molecule has 5 nitrogen and oxygen atoms in total. The molecule has 1 unspecified atom stereocenters. The lowest BCUT2D eigenvalue weighted by Crippen LogP contribution is -2.46. The zero-order chi connectivity index (χ0) is 15.2. The first kappa shape index (κ1) is 16.7. The van der Waals surface area contributed by atoms with Crippen LogP contribution in [0.15, 0.2) is 0 Å². The molecule has 2 saturated heterocycles. The third-order valence-electron chi connectivity index (χ3n) is 5.21. The van der Waals surface area contributed by atoms with Crippen LogP contribution in [0.25, 0.3) is 0 Å². The van der Waals surface area contributed by atoms with Gasteiger partial charge in [-0.2, -0.15) is 0 Å². The second kappa shape index (κ2) is 8.11. The van der Waals surface area contributed by atoms with E-state index in [-0.39, 0.29) is 17.9 Å². The summed E-state index contributed by atoms with van der Waals surface area (Å²) in [5.74, 6) is 0.742. The normalized spacial score (nSPS) is 25.0. The summed E-state index contributed by atoms with van der Waals surface area (Å²) in [6.07, 6.45) is 5.22. The predicted octanol–water partition coefficient (Wildman–Crippen LogP) is 0.667. The molecule has 2 aliphatic rings. The van der Waals surface area contributed by atoms with Crippen LogP contribution in [-0.4, -0.2) is 66.2 Å². The third-order valence-corrected chi connectivity index (χ3v) is 5.21. The van der Waals surface area contributed by atoms with Gasteiger partial charge in [0.2, 0.25) is 5.91 Å². The molecule has 21 heavy (non-hydrogen) atoms. The number of piperidine rings is 2. The second-order valence-electron chi connectivity index (χ2n) is 6.78. The van der Waals surface area contributed by atoms with Crippen molar-refractivity contribution >= 4 is 5.91 Å². The standard InChI is InChI=1S/C16H31N3O2/c1-2-13-3-7-18(8-4-13)11-15(20)12-19-9-5-14(6-10-19)16(17)21/h13-15,20H,2-12H2,1H3,(H2,17,21). The van der Waals surface area contributed by atoms with Crippen molar-refractivity contribution in [3.8, 4) is 0 Å². The number of amides is 1. The predicted molar refractivity (Wildman–Crippen MR) is 83.8 cm³/mol. The summed E-state index contributed by atoms with van der Waals surface area (Å²) >= 11 is 0. The minimum Gasteiger partial charge on any atom is -0.390 e. The number of primary amides is 1. The van der Waals surface area contributed by atoms with E-state index >= 15 is 0 Å². The molecule has 0 bridgehead atoms. The summed E-state index contributed by atoms with van der Waals surface area (Å²) in [5, 5.41) is 10.3. The fraction of sp³-hybridized carbons (Fsp3) is 0.938. The molecule has 0 radical (unpaired) electrons. The highest BCUT2D eigenvalue weighted by atomic mass is 16.3. The van der Waals surface area contributed by atoms with Crippen LogP contribution in [0.3, 0.4) is 0 Å². The van der Waals surface area contributed by atoms with Crippen molar-refractivity contribution in [2.45, 2.75) is 45.1 Å². The maximum absolute atomic E-state index is 11.1. The number of nitrogens with zero attached hydrogens (tertiary/aromatic N) is 2. The Balaban J connectivity index is 1.64. The van der Waals surface area contributed by atoms with Gasteiger partial charge >= 0.3 is 0 Å². The van der Waals surface area contributed by atoms with E-state index in [0.29, 0.717) is 0 Å². The molecule has 1 atom stereocenters. The maximum Gasteiger partial charge on any atom is 0.220 e. The van der Waals surface area contributed by atoms with Crippen molar-refractivity contribution < 1.29 is 9.90 Å². The highest BCUT2D eigenvalue weighted by Gasteiger charge is 2.25. The van der Waals surface area contributed by atoms with Crippen LogP contribution in [0.2, 0.25) is 0 Å². The average Bonchev–Trinajstić information content (AvgIpc) is 2.48. The quantitative estimate of drug-likeness (QED) is 0.756. The summed E-state index contributed by atoms with van der Waals surface area (Å²) in [6.45, 7) is 7.78. The summed E-state index contributed by atoms with van der Waals surface area (Å²) < 4.78 is 0. The number of nitrogens with two attached hydrogens (primary N) is 1.